The molecule has 1 fully saturated rings. The molecule has 7 nitrogen and oxygen atoms in total. The lowest BCUT2D eigenvalue weighted by Crippen LogP contribution is -2.39. The number of fused-ring (bicyclic) bond motifs is 1. The maximum Gasteiger partial charge on any atom is 0.332 e. The average Bonchev–Trinajstić information content (AvgIpc) is 3.01. The van der Waals surface area contributed by atoms with Gasteiger partial charge in [0, 0.05) is 26.7 Å². The molecule has 1 aliphatic rings. The van der Waals surface area contributed by atoms with Crippen molar-refractivity contribution in [1.29, 1.82) is 0 Å². The van der Waals surface area contributed by atoms with Crippen molar-refractivity contribution >= 4 is 11.2 Å². The predicted octanol–water partition coefficient (Wildman–Crippen LogP) is 2.00. The third kappa shape index (κ3) is 3.24. The van der Waals surface area contributed by atoms with Gasteiger partial charge in [0.1, 0.15) is 5.82 Å². The summed E-state index contributed by atoms with van der Waals surface area (Å²) in [5.41, 5.74) is 0.500. The standard InChI is InChI=1S/C19H31N5O2/c1-5-7-12-24-15(13-23-11-9-8-10-14(23)6-2)20-17-16(24)18(25)22(4)19(26)21(17)3/h14H,5-13H2,1-4H3/t14-/m1/s1. The van der Waals surface area contributed by atoms with E-state index in [4.69, 9.17) is 4.98 Å². The summed E-state index contributed by atoms with van der Waals surface area (Å²) in [5.74, 6) is 0.909. The molecule has 1 saturated heterocycles. The fourth-order valence-electron chi connectivity index (χ4n) is 4.08. The SMILES string of the molecule is CCCCn1c(CN2CCCC[C@H]2CC)nc2c1c(=O)n(C)c(=O)n2C. The molecule has 7 heteroatoms. The van der Waals surface area contributed by atoms with Crippen molar-refractivity contribution in [2.45, 2.75) is 71.5 Å². The van der Waals surface area contributed by atoms with Crippen molar-refractivity contribution in [2.24, 2.45) is 14.1 Å². The Labute approximate surface area is 154 Å². The van der Waals surface area contributed by atoms with E-state index < -0.39 is 0 Å². The number of piperidine rings is 1. The molecule has 0 amide bonds. The van der Waals surface area contributed by atoms with Crippen molar-refractivity contribution in [3.8, 4) is 0 Å². The highest BCUT2D eigenvalue weighted by molar-refractivity contribution is 5.71. The van der Waals surface area contributed by atoms with Crippen LogP contribution < -0.4 is 11.2 Å². The van der Waals surface area contributed by atoms with Crippen molar-refractivity contribution in [1.82, 2.24) is 23.6 Å². The summed E-state index contributed by atoms with van der Waals surface area (Å²) in [6.45, 7) is 6.97. The highest BCUT2D eigenvalue weighted by atomic mass is 16.2. The molecular weight excluding hydrogens is 330 g/mol. The van der Waals surface area contributed by atoms with Gasteiger partial charge in [0.2, 0.25) is 0 Å². The van der Waals surface area contributed by atoms with E-state index >= 15 is 0 Å². The topological polar surface area (TPSA) is 65.1 Å². The minimum atomic E-state index is -0.321. The summed E-state index contributed by atoms with van der Waals surface area (Å²) in [5, 5.41) is 0. The Balaban J connectivity index is 2.12. The van der Waals surface area contributed by atoms with Gasteiger partial charge in [-0.2, -0.15) is 0 Å². The van der Waals surface area contributed by atoms with Crippen molar-refractivity contribution in [3.05, 3.63) is 26.7 Å². The number of likely N-dealkylation sites (tertiary alicyclic amines) is 1. The molecule has 0 bridgehead atoms. The van der Waals surface area contributed by atoms with Gasteiger partial charge < -0.3 is 4.57 Å². The second-order valence-electron chi connectivity index (χ2n) is 7.44. The Hall–Kier alpha value is -1.89. The number of imidazole rings is 1. The molecule has 0 N–H and O–H groups in total. The van der Waals surface area contributed by atoms with Gasteiger partial charge in [-0.1, -0.05) is 26.7 Å². The van der Waals surface area contributed by atoms with Crippen LogP contribution in [0.3, 0.4) is 0 Å². The second-order valence-corrected chi connectivity index (χ2v) is 7.44. The van der Waals surface area contributed by atoms with Crippen LogP contribution in [0.25, 0.3) is 11.2 Å². The summed E-state index contributed by atoms with van der Waals surface area (Å²) < 4.78 is 4.74. The predicted molar refractivity (Wildman–Crippen MR) is 103 cm³/mol. The first-order valence-corrected chi connectivity index (χ1v) is 9.88. The van der Waals surface area contributed by atoms with E-state index in [0.717, 1.165) is 44.7 Å². The molecule has 3 heterocycles. The zero-order valence-corrected chi connectivity index (χ0v) is 16.5. The third-order valence-corrected chi connectivity index (χ3v) is 5.73. The van der Waals surface area contributed by atoms with Crippen LogP contribution in [0.2, 0.25) is 0 Å². The largest absolute Gasteiger partial charge is 0.332 e. The lowest BCUT2D eigenvalue weighted by Gasteiger charge is -2.34. The number of unbranched alkanes of at least 4 members (excludes halogenated alkanes) is 1. The lowest BCUT2D eigenvalue weighted by atomic mass is 10.00. The number of rotatable bonds is 6. The molecule has 144 valence electrons. The quantitative estimate of drug-likeness (QED) is 0.789. The summed E-state index contributed by atoms with van der Waals surface area (Å²) >= 11 is 0. The molecule has 1 aliphatic heterocycles. The Morgan fingerprint density at radius 2 is 1.88 bits per heavy atom. The van der Waals surface area contributed by atoms with Gasteiger partial charge in [0.25, 0.3) is 5.56 Å². The van der Waals surface area contributed by atoms with Gasteiger partial charge in [-0.3, -0.25) is 18.8 Å². The van der Waals surface area contributed by atoms with Crippen molar-refractivity contribution in [2.75, 3.05) is 6.54 Å². The normalized spacial score (nSPS) is 18.7. The Kier molecular flexibility index (Phi) is 5.65. The lowest BCUT2D eigenvalue weighted by molar-refractivity contribution is 0.131. The van der Waals surface area contributed by atoms with Crippen molar-refractivity contribution < 1.29 is 0 Å². The van der Waals surface area contributed by atoms with Crippen LogP contribution in [0.15, 0.2) is 9.59 Å². The molecule has 26 heavy (non-hydrogen) atoms. The highest BCUT2D eigenvalue weighted by Gasteiger charge is 2.25. The fourth-order valence-corrected chi connectivity index (χ4v) is 4.08. The Morgan fingerprint density at radius 1 is 1.12 bits per heavy atom. The van der Waals surface area contributed by atoms with Crippen LogP contribution in [0.1, 0.15) is 58.2 Å². The van der Waals surface area contributed by atoms with E-state index in [1.165, 1.54) is 28.4 Å². The maximum absolute atomic E-state index is 12.8. The zero-order chi connectivity index (χ0) is 18.8. The minimum Gasteiger partial charge on any atom is -0.321 e. The molecule has 3 rings (SSSR count). The monoisotopic (exact) mass is 361 g/mol. The van der Waals surface area contributed by atoms with Crippen LogP contribution in [0.5, 0.6) is 0 Å². The summed E-state index contributed by atoms with van der Waals surface area (Å²) in [6, 6.07) is 0.579. The smallest absolute Gasteiger partial charge is 0.321 e. The summed E-state index contributed by atoms with van der Waals surface area (Å²) in [6.07, 6.45) is 6.90. The first-order chi connectivity index (χ1) is 12.5. The molecule has 0 unspecified atom stereocenters. The van der Waals surface area contributed by atoms with Gasteiger partial charge in [0.15, 0.2) is 11.2 Å². The van der Waals surface area contributed by atoms with Crippen molar-refractivity contribution in [3.63, 3.8) is 0 Å². The van der Waals surface area contributed by atoms with Crippen LogP contribution >= 0.6 is 0 Å². The molecule has 0 spiro atoms. The fraction of sp³-hybridized carbons (Fsp3) is 0.737. The Morgan fingerprint density at radius 3 is 2.58 bits per heavy atom. The van der Waals surface area contributed by atoms with Gasteiger partial charge in [-0.25, -0.2) is 9.78 Å². The third-order valence-electron chi connectivity index (χ3n) is 5.73. The number of aryl methyl sites for hydroxylation is 2. The summed E-state index contributed by atoms with van der Waals surface area (Å²) in [4.78, 5) is 32.3. The van der Waals surface area contributed by atoms with Gasteiger partial charge in [0.05, 0.1) is 6.54 Å². The van der Waals surface area contributed by atoms with E-state index in [1.807, 2.05) is 0 Å². The van der Waals surface area contributed by atoms with Crippen LogP contribution in [-0.2, 0) is 27.2 Å². The molecular formula is C19H31N5O2. The number of hydrogen-bond acceptors (Lipinski definition) is 4. The van der Waals surface area contributed by atoms with Crippen LogP contribution in [0, 0.1) is 0 Å². The number of nitrogens with zero attached hydrogens (tertiary/aromatic N) is 5. The van der Waals surface area contributed by atoms with E-state index in [9.17, 15) is 9.59 Å². The van der Waals surface area contributed by atoms with Crippen LogP contribution in [-0.4, -0.2) is 36.2 Å². The minimum absolute atomic E-state index is 0.247. The van der Waals surface area contributed by atoms with Gasteiger partial charge in [-0.15, -0.1) is 0 Å². The second kappa shape index (κ2) is 7.78. The van der Waals surface area contributed by atoms with E-state index in [-0.39, 0.29) is 11.2 Å². The number of aromatic nitrogens is 4. The molecule has 0 saturated carbocycles. The molecule has 2 aromatic heterocycles. The first-order valence-electron chi connectivity index (χ1n) is 9.88. The summed E-state index contributed by atoms with van der Waals surface area (Å²) in [7, 11) is 3.24. The molecule has 0 aromatic carbocycles. The van der Waals surface area contributed by atoms with E-state index in [2.05, 4.69) is 23.3 Å². The zero-order valence-electron chi connectivity index (χ0n) is 16.5. The molecule has 2 aromatic rings. The first kappa shape index (κ1) is 18.9. The maximum atomic E-state index is 12.8. The van der Waals surface area contributed by atoms with Gasteiger partial charge >= 0.3 is 5.69 Å². The van der Waals surface area contributed by atoms with E-state index in [0.29, 0.717) is 17.2 Å². The molecule has 1 atom stereocenters. The molecule has 0 aliphatic carbocycles. The number of hydrogen-bond donors (Lipinski definition) is 0. The van der Waals surface area contributed by atoms with Gasteiger partial charge in [-0.05, 0) is 32.2 Å². The highest BCUT2D eigenvalue weighted by Crippen LogP contribution is 2.23. The average molecular weight is 361 g/mol. The molecule has 0 radical (unpaired) electrons. The van der Waals surface area contributed by atoms with E-state index in [1.54, 1.807) is 14.1 Å². The Bertz CT molecular complexity index is 892. The van der Waals surface area contributed by atoms with Crippen LogP contribution in [0.4, 0.5) is 0 Å².